The van der Waals surface area contributed by atoms with Crippen LogP contribution in [0.1, 0.15) is 11.1 Å². The Morgan fingerprint density at radius 2 is 1.33 bits per heavy atom. The molecule has 1 aromatic heterocycles. The summed E-state index contributed by atoms with van der Waals surface area (Å²) in [6.45, 7) is 0. The molecule has 0 unspecified atom stereocenters. The van der Waals surface area contributed by atoms with Gasteiger partial charge in [-0.05, 0) is 17.2 Å². The van der Waals surface area contributed by atoms with E-state index in [0.29, 0.717) is 0 Å². The predicted molar refractivity (Wildman–Crippen MR) is 77.9 cm³/mol. The Morgan fingerprint density at radius 3 is 2.00 bits per heavy atom. The Bertz CT molecular complexity index is 485. The van der Waals surface area contributed by atoms with Crippen LogP contribution in [0, 0.1) is 0 Å². The molecule has 0 aliphatic rings. The highest BCUT2D eigenvalue weighted by molar-refractivity contribution is 5.52. The Kier molecular flexibility index (Phi) is 4.70. The third kappa shape index (κ3) is 4.22. The number of hydrogen-bond donors (Lipinski definition) is 0. The van der Waals surface area contributed by atoms with E-state index in [1.807, 2.05) is 66.9 Å². The van der Waals surface area contributed by atoms with Gasteiger partial charge in [0.05, 0.1) is 0 Å². The molecule has 1 heterocycles. The van der Waals surface area contributed by atoms with Crippen LogP contribution in [-0.4, -0.2) is 4.98 Å². The summed E-state index contributed by atoms with van der Waals surface area (Å²) in [6, 6.07) is 14.2. The number of benzene rings is 1. The highest BCUT2D eigenvalue weighted by Crippen LogP contribution is 2.01. The summed E-state index contributed by atoms with van der Waals surface area (Å²) in [5.41, 5.74) is 2.31. The van der Waals surface area contributed by atoms with Crippen molar-refractivity contribution in [2.75, 3.05) is 0 Å². The van der Waals surface area contributed by atoms with Crippen LogP contribution in [0.5, 0.6) is 0 Å². The highest BCUT2D eigenvalue weighted by atomic mass is 14.6. The number of rotatable bonds is 4. The molecule has 18 heavy (non-hydrogen) atoms. The Hall–Kier alpha value is -2.41. The topological polar surface area (TPSA) is 12.9 Å². The van der Waals surface area contributed by atoms with Crippen molar-refractivity contribution in [1.29, 1.82) is 0 Å². The number of nitrogens with zero attached hydrogens (tertiary/aromatic N) is 1. The Balaban J connectivity index is 1.86. The van der Waals surface area contributed by atoms with Crippen molar-refractivity contribution < 1.29 is 0 Å². The quantitative estimate of drug-likeness (QED) is 0.715. The average molecular weight is 233 g/mol. The fraction of sp³-hybridized carbons (Fsp3) is 0. The fourth-order valence-electron chi connectivity index (χ4n) is 1.50. The normalized spacial score (nSPS) is 11.8. The largest absolute Gasteiger partial charge is 0.264 e. The summed E-state index contributed by atoms with van der Waals surface area (Å²) in [5, 5.41) is 0. The summed E-state index contributed by atoms with van der Waals surface area (Å²) in [7, 11) is 0. The smallest absolute Gasteiger partial charge is 0.0340 e. The molecule has 0 aliphatic carbocycles. The van der Waals surface area contributed by atoms with Gasteiger partial charge in [0.15, 0.2) is 0 Å². The van der Waals surface area contributed by atoms with E-state index in [0.717, 1.165) is 5.56 Å². The van der Waals surface area contributed by atoms with Crippen LogP contribution >= 0.6 is 0 Å². The minimum absolute atomic E-state index is 1.11. The number of aromatic nitrogens is 1. The van der Waals surface area contributed by atoms with Crippen LogP contribution < -0.4 is 0 Å². The number of allylic oxidation sites excluding steroid dienone is 4. The summed E-state index contributed by atoms with van der Waals surface area (Å²) in [5.74, 6) is 0. The molecule has 0 N–H and O–H groups in total. The van der Waals surface area contributed by atoms with E-state index in [2.05, 4.69) is 23.2 Å². The van der Waals surface area contributed by atoms with E-state index in [-0.39, 0.29) is 0 Å². The molecule has 1 aromatic carbocycles. The molecule has 0 aliphatic heterocycles. The molecule has 0 saturated carbocycles. The van der Waals surface area contributed by atoms with Crippen LogP contribution in [0.15, 0.2) is 79.2 Å². The van der Waals surface area contributed by atoms with Crippen molar-refractivity contribution in [3.63, 3.8) is 0 Å². The van der Waals surface area contributed by atoms with Gasteiger partial charge >= 0.3 is 0 Å². The molecule has 0 fully saturated rings. The maximum absolute atomic E-state index is 4.05. The van der Waals surface area contributed by atoms with Gasteiger partial charge in [-0.2, -0.15) is 0 Å². The first kappa shape index (κ1) is 12.1. The molecule has 0 atom stereocenters. The van der Waals surface area contributed by atoms with Crippen molar-refractivity contribution in [3.8, 4) is 0 Å². The third-order valence-electron chi connectivity index (χ3n) is 2.39. The number of hydrogen-bond acceptors (Lipinski definition) is 1. The minimum atomic E-state index is 1.11. The Morgan fingerprint density at radius 1 is 0.667 bits per heavy atom. The molecule has 1 nitrogen and oxygen atoms in total. The van der Waals surface area contributed by atoms with E-state index < -0.39 is 0 Å². The SMILES string of the molecule is C(=C\C=C\c1cccnc1)/C=C/c1ccccc1. The van der Waals surface area contributed by atoms with Crippen LogP contribution in [0.25, 0.3) is 12.2 Å². The molecular weight excluding hydrogens is 218 g/mol. The van der Waals surface area contributed by atoms with Crippen molar-refractivity contribution >= 4 is 12.2 Å². The van der Waals surface area contributed by atoms with Crippen LogP contribution in [0.3, 0.4) is 0 Å². The summed E-state index contributed by atoms with van der Waals surface area (Å²) in [4.78, 5) is 4.05. The molecule has 0 radical (unpaired) electrons. The van der Waals surface area contributed by atoms with E-state index in [9.17, 15) is 0 Å². The first-order valence-corrected chi connectivity index (χ1v) is 5.92. The zero-order valence-electron chi connectivity index (χ0n) is 10.1. The molecule has 1 heteroatoms. The van der Waals surface area contributed by atoms with Crippen LogP contribution in [-0.2, 0) is 0 Å². The van der Waals surface area contributed by atoms with Gasteiger partial charge in [-0.15, -0.1) is 0 Å². The standard InChI is InChI=1S/C17H15N/c1(4-9-16-10-6-3-7-11-16)2-5-12-17-13-8-14-18-15-17/h1-15H/b2-1+,9-4+,12-5+. The van der Waals surface area contributed by atoms with Crippen molar-refractivity contribution in [2.24, 2.45) is 0 Å². The summed E-state index contributed by atoms with van der Waals surface area (Å²) < 4.78 is 0. The minimum Gasteiger partial charge on any atom is -0.264 e. The number of pyridine rings is 1. The van der Waals surface area contributed by atoms with Gasteiger partial charge in [-0.3, -0.25) is 4.98 Å². The second kappa shape index (κ2) is 7.02. The molecule has 2 rings (SSSR count). The van der Waals surface area contributed by atoms with E-state index >= 15 is 0 Å². The lowest BCUT2D eigenvalue weighted by Gasteiger charge is -1.88. The van der Waals surface area contributed by atoms with Crippen LogP contribution in [0.2, 0.25) is 0 Å². The van der Waals surface area contributed by atoms with Gasteiger partial charge in [-0.25, -0.2) is 0 Å². The third-order valence-corrected chi connectivity index (χ3v) is 2.39. The highest BCUT2D eigenvalue weighted by Gasteiger charge is 1.81. The van der Waals surface area contributed by atoms with Gasteiger partial charge in [0.1, 0.15) is 0 Å². The van der Waals surface area contributed by atoms with Crippen molar-refractivity contribution in [2.45, 2.75) is 0 Å². The van der Waals surface area contributed by atoms with Gasteiger partial charge in [0.2, 0.25) is 0 Å². The zero-order chi connectivity index (χ0) is 12.5. The summed E-state index contributed by atoms with van der Waals surface area (Å²) in [6.07, 6.45) is 15.8. The second-order valence-electron chi connectivity index (χ2n) is 3.80. The zero-order valence-corrected chi connectivity index (χ0v) is 10.1. The summed E-state index contributed by atoms with van der Waals surface area (Å²) >= 11 is 0. The first-order valence-electron chi connectivity index (χ1n) is 5.92. The van der Waals surface area contributed by atoms with Gasteiger partial charge < -0.3 is 0 Å². The van der Waals surface area contributed by atoms with Gasteiger partial charge in [0.25, 0.3) is 0 Å². The molecule has 0 bridgehead atoms. The van der Waals surface area contributed by atoms with Gasteiger partial charge in [-0.1, -0.05) is 72.9 Å². The molecule has 0 amide bonds. The Labute approximate surface area is 108 Å². The van der Waals surface area contributed by atoms with Crippen molar-refractivity contribution in [3.05, 3.63) is 90.3 Å². The lowest BCUT2D eigenvalue weighted by Crippen LogP contribution is -1.71. The maximum Gasteiger partial charge on any atom is 0.0340 e. The molecule has 88 valence electrons. The molecular formula is C17H15N. The maximum atomic E-state index is 4.05. The second-order valence-corrected chi connectivity index (χ2v) is 3.80. The van der Waals surface area contributed by atoms with E-state index in [1.165, 1.54) is 5.56 Å². The molecule has 0 saturated heterocycles. The molecule has 2 aromatic rings. The van der Waals surface area contributed by atoms with E-state index in [1.54, 1.807) is 6.20 Å². The monoisotopic (exact) mass is 233 g/mol. The molecule has 0 spiro atoms. The first-order chi connectivity index (χ1) is 8.95. The lowest BCUT2D eigenvalue weighted by molar-refractivity contribution is 1.32. The average Bonchev–Trinajstić information content (AvgIpc) is 2.45. The van der Waals surface area contributed by atoms with Crippen LogP contribution in [0.4, 0.5) is 0 Å². The van der Waals surface area contributed by atoms with E-state index in [4.69, 9.17) is 0 Å². The fourth-order valence-corrected chi connectivity index (χ4v) is 1.50. The van der Waals surface area contributed by atoms with Crippen molar-refractivity contribution in [1.82, 2.24) is 4.98 Å². The predicted octanol–water partition coefficient (Wildman–Crippen LogP) is 4.36. The lowest BCUT2D eigenvalue weighted by atomic mass is 10.2. The van der Waals surface area contributed by atoms with Gasteiger partial charge in [0, 0.05) is 12.4 Å².